The molecular weight excluding hydrogens is 261 g/mol. The van der Waals surface area contributed by atoms with Gasteiger partial charge in [-0.15, -0.1) is 0 Å². The topological polar surface area (TPSA) is 66.4 Å². The minimum Gasteiger partial charge on any atom is -0.481 e. The number of amides is 1. The van der Waals surface area contributed by atoms with Crippen molar-refractivity contribution in [1.82, 2.24) is 5.32 Å². The molecule has 0 saturated carbocycles. The zero-order chi connectivity index (χ0) is 15.3. The maximum absolute atomic E-state index is 13.0. The third kappa shape index (κ3) is 4.64. The van der Waals surface area contributed by atoms with E-state index in [0.717, 1.165) is 0 Å². The van der Waals surface area contributed by atoms with Crippen molar-refractivity contribution in [1.29, 1.82) is 0 Å². The van der Waals surface area contributed by atoms with Crippen molar-refractivity contribution >= 4 is 11.9 Å². The van der Waals surface area contributed by atoms with Gasteiger partial charge in [0.05, 0.1) is 5.92 Å². The first-order chi connectivity index (χ1) is 9.31. The number of aryl methyl sites for hydroxylation is 1. The Morgan fingerprint density at radius 3 is 2.50 bits per heavy atom. The van der Waals surface area contributed by atoms with Crippen LogP contribution in [-0.2, 0) is 4.79 Å². The predicted octanol–water partition coefficient (Wildman–Crippen LogP) is 2.61. The van der Waals surface area contributed by atoms with Gasteiger partial charge in [-0.2, -0.15) is 0 Å². The molecule has 1 aromatic rings. The van der Waals surface area contributed by atoms with Crippen LogP contribution in [0.2, 0.25) is 0 Å². The van der Waals surface area contributed by atoms with Crippen molar-refractivity contribution < 1.29 is 19.1 Å². The number of carbonyl (C=O) groups excluding carboxylic acids is 1. The van der Waals surface area contributed by atoms with Gasteiger partial charge in [-0.25, -0.2) is 4.39 Å². The van der Waals surface area contributed by atoms with Crippen LogP contribution in [0.3, 0.4) is 0 Å². The number of carboxylic acid groups (broad SMARTS) is 1. The fourth-order valence-corrected chi connectivity index (χ4v) is 2.03. The summed E-state index contributed by atoms with van der Waals surface area (Å²) in [4.78, 5) is 23.1. The average molecular weight is 281 g/mol. The first-order valence-corrected chi connectivity index (χ1v) is 6.58. The van der Waals surface area contributed by atoms with Gasteiger partial charge in [0.2, 0.25) is 0 Å². The Morgan fingerprint density at radius 1 is 1.35 bits per heavy atom. The molecule has 1 amide bonds. The third-order valence-electron chi connectivity index (χ3n) is 3.05. The van der Waals surface area contributed by atoms with Gasteiger partial charge in [-0.3, -0.25) is 9.59 Å². The molecule has 110 valence electrons. The Kier molecular flexibility index (Phi) is 5.67. The molecule has 0 bridgehead atoms. The summed E-state index contributed by atoms with van der Waals surface area (Å²) >= 11 is 0. The summed E-state index contributed by atoms with van der Waals surface area (Å²) in [5, 5.41) is 11.7. The Morgan fingerprint density at radius 2 is 2.00 bits per heavy atom. The summed E-state index contributed by atoms with van der Waals surface area (Å²) in [6.45, 7) is 5.58. The van der Waals surface area contributed by atoms with E-state index in [0.29, 0.717) is 17.5 Å². The van der Waals surface area contributed by atoms with E-state index in [9.17, 15) is 14.0 Å². The molecule has 1 rings (SSSR count). The second-order valence-corrected chi connectivity index (χ2v) is 5.33. The molecule has 0 heterocycles. The molecule has 0 spiro atoms. The Labute approximate surface area is 118 Å². The smallest absolute Gasteiger partial charge is 0.308 e. The van der Waals surface area contributed by atoms with Crippen molar-refractivity contribution in [3.05, 3.63) is 35.1 Å². The van der Waals surface area contributed by atoms with Crippen LogP contribution in [0.5, 0.6) is 0 Å². The zero-order valence-electron chi connectivity index (χ0n) is 11.9. The third-order valence-corrected chi connectivity index (χ3v) is 3.05. The normalized spacial score (nSPS) is 12.2. The van der Waals surface area contributed by atoms with Gasteiger partial charge >= 0.3 is 5.97 Å². The maximum atomic E-state index is 13.0. The molecule has 0 aromatic heterocycles. The quantitative estimate of drug-likeness (QED) is 0.842. The molecule has 0 fully saturated rings. The van der Waals surface area contributed by atoms with Gasteiger partial charge < -0.3 is 10.4 Å². The van der Waals surface area contributed by atoms with Gasteiger partial charge in [-0.05, 0) is 43.0 Å². The van der Waals surface area contributed by atoms with Gasteiger partial charge in [0.1, 0.15) is 5.82 Å². The summed E-state index contributed by atoms with van der Waals surface area (Å²) in [7, 11) is 0. The molecule has 0 radical (unpaired) electrons. The van der Waals surface area contributed by atoms with E-state index in [4.69, 9.17) is 5.11 Å². The number of carboxylic acids is 1. The lowest BCUT2D eigenvalue weighted by Gasteiger charge is -2.16. The highest BCUT2D eigenvalue weighted by Crippen LogP contribution is 2.13. The largest absolute Gasteiger partial charge is 0.481 e. The number of rotatable bonds is 6. The summed E-state index contributed by atoms with van der Waals surface area (Å²) < 4.78 is 13.0. The number of benzene rings is 1. The standard InChI is InChI=1S/C15H20FNO3/c1-9(2)6-11(15(19)20)8-17-14(18)13-5-4-12(16)7-10(13)3/h4-5,7,9,11H,6,8H2,1-3H3,(H,17,18)(H,19,20). The van der Waals surface area contributed by atoms with E-state index in [2.05, 4.69) is 5.32 Å². The predicted molar refractivity (Wildman–Crippen MR) is 74.1 cm³/mol. The molecule has 5 heteroatoms. The van der Waals surface area contributed by atoms with E-state index in [-0.39, 0.29) is 18.4 Å². The first kappa shape index (κ1) is 16.1. The molecular formula is C15H20FNO3. The van der Waals surface area contributed by atoms with Crippen molar-refractivity contribution in [2.24, 2.45) is 11.8 Å². The lowest BCUT2D eigenvalue weighted by molar-refractivity contribution is -0.142. The van der Waals surface area contributed by atoms with Gasteiger partial charge in [0.15, 0.2) is 0 Å². The first-order valence-electron chi connectivity index (χ1n) is 6.58. The highest BCUT2D eigenvalue weighted by Gasteiger charge is 2.20. The Balaban J connectivity index is 2.68. The summed E-state index contributed by atoms with van der Waals surface area (Å²) in [5.74, 6) is -2.07. The van der Waals surface area contributed by atoms with E-state index >= 15 is 0 Å². The minimum atomic E-state index is -0.921. The van der Waals surface area contributed by atoms with Gasteiger partial charge in [0, 0.05) is 12.1 Å². The molecule has 2 N–H and O–H groups in total. The second-order valence-electron chi connectivity index (χ2n) is 5.33. The molecule has 1 unspecified atom stereocenters. The molecule has 1 aromatic carbocycles. The summed E-state index contributed by atoms with van der Waals surface area (Å²) in [5.41, 5.74) is 0.887. The number of carbonyl (C=O) groups is 2. The molecule has 20 heavy (non-hydrogen) atoms. The summed E-state index contributed by atoms with van der Waals surface area (Å²) in [6, 6.07) is 3.89. The van der Waals surface area contributed by atoms with Gasteiger partial charge in [-0.1, -0.05) is 13.8 Å². The molecule has 0 aliphatic rings. The van der Waals surface area contributed by atoms with Crippen LogP contribution < -0.4 is 5.32 Å². The van der Waals surface area contributed by atoms with Crippen LogP contribution in [-0.4, -0.2) is 23.5 Å². The van der Waals surface area contributed by atoms with Crippen LogP contribution in [0.25, 0.3) is 0 Å². The van der Waals surface area contributed by atoms with Gasteiger partial charge in [0.25, 0.3) is 5.91 Å². The van der Waals surface area contributed by atoms with Crippen molar-refractivity contribution in [2.45, 2.75) is 27.2 Å². The molecule has 4 nitrogen and oxygen atoms in total. The van der Waals surface area contributed by atoms with Crippen LogP contribution in [0.4, 0.5) is 4.39 Å². The lowest BCUT2D eigenvalue weighted by Crippen LogP contribution is -2.34. The number of hydrogen-bond donors (Lipinski definition) is 2. The fourth-order valence-electron chi connectivity index (χ4n) is 2.03. The number of aliphatic carboxylic acids is 1. The minimum absolute atomic E-state index is 0.0726. The zero-order valence-corrected chi connectivity index (χ0v) is 11.9. The number of halogens is 1. The van der Waals surface area contributed by atoms with Crippen LogP contribution in [0, 0.1) is 24.6 Å². The van der Waals surface area contributed by atoms with E-state index < -0.39 is 17.7 Å². The van der Waals surface area contributed by atoms with Crippen LogP contribution >= 0.6 is 0 Å². The van der Waals surface area contributed by atoms with E-state index in [1.165, 1.54) is 18.2 Å². The SMILES string of the molecule is Cc1cc(F)ccc1C(=O)NCC(CC(C)C)C(=O)O. The second kappa shape index (κ2) is 7.03. The Hall–Kier alpha value is -1.91. The van der Waals surface area contributed by atoms with Crippen molar-refractivity contribution in [3.8, 4) is 0 Å². The van der Waals surface area contributed by atoms with E-state index in [1.807, 2.05) is 13.8 Å². The van der Waals surface area contributed by atoms with Crippen LogP contribution in [0.15, 0.2) is 18.2 Å². The van der Waals surface area contributed by atoms with Crippen LogP contribution in [0.1, 0.15) is 36.2 Å². The maximum Gasteiger partial charge on any atom is 0.308 e. The monoisotopic (exact) mass is 281 g/mol. The number of hydrogen-bond acceptors (Lipinski definition) is 2. The van der Waals surface area contributed by atoms with Crippen molar-refractivity contribution in [3.63, 3.8) is 0 Å². The Bertz CT molecular complexity index is 500. The van der Waals surface area contributed by atoms with E-state index in [1.54, 1.807) is 6.92 Å². The fraction of sp³-hybridized carbons (Fsp3) is 0.467. The highest BCUT2D eigenvalue weighted by atomic mass is 19.1. The molecule has 0 aliphatic heterocycles. The molecule has 0 aliphatic carbocycles. The summed E-state index contributed by atoms with van der Waals surface area (Å²) in [6.07, 6.45) is 0.498. The molecule has 0 saturated heterocycles. The average Bonchev–Trinajstić information content (AvgIpc) is 2.33. The van der Waals surface area contributed by atoms with Crippen molar-refractivity contribution in [2.75, 3.05) is 6.54 Å². The lowest BCUT2D eigenvalue weighted by atomic mass is 9.97. The molecule has 1 atom stereocenters. The highest BCUT2D eigenvalue weighted by molar-refractivity contribution is 5.95. The number of nitrogens with one attached hydrogen (secondary N) is 1.